The molecule has 1 aliphatic carbocycles. The van der Waals surface area contributed by atoms with Crippen LogP contribution in [0.1, 0.15) is 11.3 Å². The number of hydrogen-bond donors (Lipinski definition) is 3. The Kier molecular flexibility index (Phi) is 4.60. The van der Waals surface area contributed by atoms with Crippen LogP contribution in [0.4, 0.5) is 4.79 Å². The molecule has 0 spiro atoms. The van der Waals surface area contributed by atoms with Crippen LogP contribution < -0.4 is 10.6 Å². The van der Waals surface area contributed by atoms with Gasteiger partial charge in [0.2, 0.25) is 0 Å². The van der Waals surface area contributed by atoms with Gasteiger partial charge in [-0.25, -0.2) is 4.79 Å². The molecule has 1 heterocycles. The summed E-state index contributed by atoms with van der Waals surface area (Å²) in [6.07, 6.45) is 3.74. The Morgan fingerprint density at radius 3 is 2.84 bits per heavy atom. The van der Waals surface area contributed by atoms with E-state index in [1.807, 2.05) is 11.4 Å². The maximum atomic E-state index is 11.7. The summed E-state index contributed by atoms with van der Waals surface area (Å²) in [6.45, 7) is 0.447. The zero-order valence-corrected chi connectivity index (χ0v) is 12.3. The van der Waals surface area contributed by atoms with Crippen molar-refractivity contribution in [1.29, 1.82) is 0 Å². The number of halogens is 1. The highest BCUT2D eigenvalue weighted by molar-refractivity contribution is 9.10. The van der Waals surface area contributed by atoms with Crippen LogP contribution >= 0.6 is 27.3 Å². The Morgan fingerprint density at radius 2 is 2.26 bits per heavy atom. The average molecular weight is 345 g/mol. The van der Waals surface area contributed by atoms with Gasteiger partial charge in [-0.1, -0.05) is 12.2 Å². The van der Waals surface area contributed by atoms with E-state index in [9.17, 15) is 9.59 Å². The monoisotopic (exact) mass is 344 g/mol. The molecule has 19 heavy (non-hydrogen) atoms. The molecular weight excluding hydrogens is 332 g/mol. The van der Waals surface area contributed by atoms with E-state index in [1.165, 1.54) is 0 Å². The topological polar surface area (TPSA) is 78.4 Å². The number of carbonyl (C=O) groups excluding carboxylic acids is 1. The van der Waals surface area contributed by atoms with E-state index in [-0.39, 0.29) is 12.1 Å². The van der Waals surface area contributed by atoms with Gasteiger partial charge in [0.15, 0.2) is 0 Å². The summed E-state index contributed by atoms with van der Waals surface area (Å²) in [7, 11) is 0. The number of thiophene rings is 1. The van der Waals surface area contributed by atoms with Gasteiger partial charge < -0.3 is 15.7 Å². The standard InChI is InChI=1S/C12H13BrN2O3S/c13-9-3-4-19-10(9)6-14-12(18)15-8-2-1-7(5-8)11(16)17/h1-4,7-8H,5-6H2,(H,16,17)(H2,14,15,18). The summed E-state index contributed by atoms with van der Waals surface area (Å²) in [6, 6.07) is 1.42. The fourth-order valence-electron chi connectivity index (χ4n) is 1.82. The summed E-state index contributed by atoms with van der Waals surface area (Å²) in [5, 5.41) is 16.3. The Balaban J connectivity index is 1.75. The Morgan fingerprint density at radius 1 is 1.47 bits per heavy atom. The summed E-state index contributed by atoms with van der Waals surface area (Å²) >= 11 is 4.95. The van der Waals surface area contributed by atoms with Crippen LogP contribution in [0.15, 0.2) is 28.1 Å². The number of urea groups is 1. The molecule has 2 atom stereocenters. The van der Waals surface area contributed by atoms with E-state index in [0.29, 0.717) is 13.0 Å². The van der Waals surface area contributed by atoms with Crippen molar-refractivity contribution in [1.82, 2.24) is 10.6 Å². The minimum atomic E-state index is -0.858. The predicted molar refractivity (Wildman–Crippen MR) is 76.1 cm³/mol. The van der Waals surface area contributed by atoms with E-state index >= 15 is 0 Å². The van der Waals surface area contributed by atoms with Crippen molar-refractivity contribution < 1.29 is 14.7 Å². The molecule has 2 rings (SSSR count). The van der Waals surface area contributed by atoms with Gasteiger partial charge in [-0.15, -0.1) is 11.3 Å². The zero-order valence-electron chi connectivity index (χ0n) is 9.93. The first kappa shape index (κ1) is 14.1. The Labute approximate surface area is 122 Å². The highest BCUT2D eigenvalue weighted by atomic mass is 79.9. The smallest absolute Gasteiger partial charge is 0.315 e. The van der Waals surface area contributed by atoms with Crippen LogP contribution in [0.3, 0.4) is 0 Å². The number of aliphatic carboxylic acids is 1. The highest BCUT2D eigenvalue weighted by Crippen LogP contribution is 2.22. The van der Waals surface area contributed by atoms with Crippen LogP contribution in [-0.2, 0) is 11.3 Å². The maximum absolute atomic E-state index is 11.7. The number of hydrogen-bond acceptors (Lipinski definition) is 3. The molecule has 0 aromatic carbocycles. The van der Waals surface area contributed by atoms with Crippen molar-refractivity contribution in [3.63, 3.8) is 0 Å². The first-order chi connectivity index (χ1) is 9.06. The summed E-state index contributed by atoms with van der Waals surface area (Å²) in [5.74, 6) is -1.36. The molecule has 7 heteroatoms. The minimum Gasteiger partial charge on any atom is -0.481 e. The van der Waals surface area contributed by atoms with Crippen molar-refractivity contribution in [3.8, 4) is 0 Å². The molecule has 0 radical (unpaired) electrons. The molecule has 0 saturated carbocycles. The first-order valence-electron chi connectivity index (χ1n) is 5.73. The molecule has 0 fully saturated rings. The van der Waals surface area contributed by atoms with E-state index < -0.39 is 11.9 Å². The van der Waals surface area contributed by atoms with Gasteiger partial charge >= 0.3 is 12.0 Å². The van der Waals surface area contributed by atoms with Crippen molar-refractivity contribution in [2.24, 2.45) is 5.92 Å². The quantitative estimate of drug-likeness (QED) is 0.733. The highest BCUT2D eigenvalue weighted by Gasteiger charge is 2.25. The zero-order chi connectivity index (χ0) is 13.8. The van der Waals surface area contributed by atoms with Crippen molar-refractivity contribution in [2.75, 3.05) is 0 Å². The molecule has 0 bridgehead atoms. The van der Waals surface area contributed by atoms with Crippen LogP contribution in [-0.4, -0.2) is 23.1 Å². The number of rotatable bonds is 4. The van der Waals surface area contributed by atoms with Crippen LogP contribution in [0.5, 0.6) is 0 Å². The normalized spacial score (nSPS) is 21.3. The van der Waals surface area contributed by atoms with Gasteiger partial charge in [0.1, 0.15) is 0 Å². The molecule has 2 amide bonds. The molecule has 2 unspecified atom stereocenters. The van der Waals surface area contributed by atoms with Gasteiger partial charge in [-0.3, -0.25) is 4.79 Å². The van der Waals surface area contributed by atoms with Crippen LogP contribution in [0.25, 0.3) is 0 Å². The van der Waals surface area contributed by atoms with Crippen LogP contribution in [0.2, 0.25) is 0 Å². The predicted octanol–water partition coefficient (Wildman–Crippen LogP) is 2.34. The number of carbonyl (C=O) groups is 2. The van der Waals surface area contributed by atoms with E-state index in [1.54, 1.807) is 23.5 Å². The number of nitrogens with one attached hydrogen (secondary N) is 2. The lowest BCUT2D eigenvalue weighted by molar-refractivity contribution is -0.140. The third kappa shape index (κ3) is 3.81. The molecule has 5 nitrogen and oxygen atoms in total. The van der Waals surface area contributed by atoms with E-state index in [2.05, 4.69) is 26.6 Å². The summed E-state index contributed by atoms with van der Waals surface area (Å²) < 4.78 is 0.976. The number of carboxylic acid groups (broad SMARTS) is 1. The molecule has 1 aliphatic rings. The lowest BCUT2D eigenvalue weighted by Gasteiger charge is -2.12. The minimum absolute atomic E-state index is 0.215. The van der Waals surface area contributed by atoms with Crippen LogP contribution in [0, 0.1) is 5.92 Å². The average Bonchev–Trinajstić information content (AvgIpc) is 2.96. The molecular formula is C12H13BrN2O3S. The van der Waals surface area contributed by atoms with Crippen molar-refractivity contribution in [2.45, 2.75) is 19.0 Å². The van der Waals surface area contributed by atoms with Gasteiger partial charge in [0.25, 0.3) is 0 Å². The lowest BCUT2D eigenvalue weighted by atomic mass is 10.1. The third-order valence-corrected chi connectivity index (χ3v) is 4.74. The lowest BCUT2D eigenvalue weighted by Crippen LogP contribution is -2.40. The second kappa shape index (κ2) is 6.21. The second-order valence-electron chi connectivity index (χ2n) is 4.19. The summed E-state index contributed by atoms with van der Waals surface area (Å²) in [4.78, 5) is 23.5. The molecule has 0 saturated heterocycles. The van der Waals surface area contributed by atoms with Crippen molar-refractivity contribution >= 4 is 39.3 Å². The van der Waals surface area contributed by atoms with Gasteiger partial charge in [-0.05, 0) is 33.8 Å². The molecule has 1 aromatic rings. The largest absolute Gasteiger partial charge is 0.481 e. The Hall–Kier alpha value is -1.34. The third-order valence-electron chi connectivity index (χ3n) is 2.82. The molecule has 102 valence electrons. The maximum Gasteiger partial charge on any atom is 0.315 e. The Bertz CT molecular complexity index is 515. The molecule has 0 aliphatic heterocycles. The first-order valence-corrected chi connectivity index (χ1v) is 7.41. The van der Waals surface area contributed by atoms with E-state index in [0.717, 1.165) is 9.35 Å². The molecule has 1 aromatic heterocycles. The number of amides is 2. The van der Waals surface area contributed by atoms with Gasteiger partial charge in [0.05, 0.1) is 18.5 Å². The fourth-order valence-corrected chi connectivity index (χ4v) is 3.25. The SMILES string of the molecule is O=C(NCc1sccc1Br)NC1C=CC(C(=O)O)C1. The van der Waals surface area contributed by atoms with E-state index in [4.69, 9.17) is 5.11 Å². The molecule has 3 N–H and O–H groups in total. The summed E-state index contributed by atoms with van der Waals surface area (Å²) in [5.41, 5.74) is 0. The fraction of sp³-hybridized carbons (Fsp3) is 0.333. The second-order valence-corrected chi connectivity index (χ2v) is 6.05. The van der Waals surface area contributed by atoms with Gasteiger partial charge in [-0.2, -0.15) is 0 Å². The van der Waals surface area contributed by atoms with Gasteiger partial charge in [0, 0.05) is 9.35 Å². The number of carboxylic acids is 1. The van der Waals surface area contributed by atoms with Crippen molar-refractivity contribution in [3.05, 3.63) is 32.9 Å².